The average molecular weight is 368 g/mol. The normalized spacial score (nSPS) is 28.7. The molecule has 0 unspecified atom stereocenters. The second-order valence-electron chi connectivity index (χ2n) is 6.57. The summed E-state index contributed by atoms with van der Waals surface area (Å²) in [5.41, 5.74) is 0.165. The molecule has 6 heteroatoms. The lowest BCUT2D eigenvalue weighted by Gasteiger charge is -2.30. The first kappa shape index (κ1) is 17.9. The Labute approximate surface area is 157 Å². The van der Waals surface area contributed by atoms with Crippen molar-refractivity contribution in [2.75, 3.05) is 7.11 Å². The molecule has 27 heavy (non-hydrogen) atoms. The Morgan fingerprint density at radius 3 is 2.52 bits per heavy atom. The summed E-state index contributed by atoms with van der Waals surface area (Å²) in [5.74, 6) is -2.55. The third-order valence-corrected chi connectivity index (χ3v) is 5.13. The van der Waals surface area contributed by atoms with Gasteiger partial charge in [0.25, 0.3) is 0 Å². The third-order valence-electron chi connectivity index (χ3n) is 5.13. The number of esters is 1. The molecule has 2 aromatic carbocycles. The van der Waals surface area contributed by atoms with Gasteiger partial charge < -0.3 is 18.9 Å². The Morgan fingerprint density at radius 2 is 1.81 bits per heavy atom. The van der Waals surface area contributed by atoms with Crippen molar-refractivity contribution in [3.8, 4) is 0 Å². The molecule has 1 saturated heterocycles. The van der Waals surface area contributed by atoms with Crippen molar-refractivity contribution in [1.29, 1.82) is 0 Å². The maximum absolute atomic E-state index is 13.0. The van der Waals surface area contributed by atoms with Crippen LogP contribution in [0.5, 0.6) is 0 Å². The van der Waals surface area contributed by atoms with Gasteiger partial charge in [0, 0.05) is 12.7 Å². The number of hydrogen-bond donors (Lipinski definition) is 0. The molecular formula is C21H20O6. The van der Waals surface area contributed by atoms with Crippen LogP contribution in [0.1, 0.15) is 34.8 Å². The van der Waals surface area contributed by atoms with E-state index in [-0.39, 0.29) is 18.8 Å². The monoisotopic (exact) mass is 368 g/mol. The molecule has 2 bridgehead atoms. The fourth-order valence-electron chi connectivity index (χ4n) is 3.65. The van der Waals surface area contributed by atoms with Crippen molar-refractivity contribution >= 4 is 11.8 Å². The fraction of sp³-hybridized carbons (Fsp3) is 0.333. The Balaban J connectivity index is 1.68. The van der Waals surface area contributed by atoms with Crippen LogP contribution in [-0.2, 0) is 36.3 Å². The zero-order valence-corrected chi connectivity index (χ0v) is 15.1. The van der Waals surface area contributed by atoms with E-state index >= 15 is 0 Å². The van der Waals surface area contributed by atoms with Gasteiger partial charge in [0.05, 0.1) is 5.56 Å². The smallest absolute Gasteiger partial charge is 0.342 e. The highest BCUT2D eigenvalue weighted by molar-refractivity contribution is 6.06. The number of ether oxygens (including phenoxy) is 4. The zero-order valence-electron chi connectivity index (χ0n) is 15.1. The minimum absolute atomic E-state index is 0.0820. The van der Waals surface area contributed by atoms with E-state index in [1.807, 2.05) is 30.3 Å². The van der Waals surface area contributed by atoms with Crippen LogP contribution in [-0.4, -0.2) is 30.6 Å². The van der Waals surface area contributed by atoms with Gasteiger partial charge in [-0.3, -0.25) is 4.79 Å². The predicted molar refractivity (Wildman–Crippen MR) is 94.7 cm³/mol. The molecule has 140 valence electrons. The van der Waals surface area contributed by atoms with Crippen LogP contribution in [0, 0.1) is 0 Å². The Kier molecular flexibility index (Phi) is 4.34. The highest BCUT2D eigenvalue weighted by Crippen LogP contribution is 2.51. The molecule has 3 atom stereocenters. The number of carbonyl (C=O) groups excluding carboxylic acids is 2. The first-order chi connectivity index (χ1) is 13.1. The largest absolute Gasteiger partial charge is 0.459 e. The summed E-state index contributed by atoms with van der Waals surface area (Å²) in [6.07, 6.45) is -0.920. The van der Waals surface area contributed by atoms with Gasteiger partial charge in [0.1, 0.15) is 6.61 Å². The second kappa shape index (κ2) is 6.56. The quantitative estimate of drug-likeness (QED) is 0.756. The van der Waals surface area contributed by atoms with E-state index in [9.17, 15) is 9.59 Å². The average Bonchev–Trinajstić information content (AvgIpc) is 3.05. The predicted octanol–water partition coefficient (Wildman–Crippen LogP) is 2.95. The molecule has 0 spiro atoms. The zero-order chi connectivity index (χ0) is 19.1. The van der Waals surface area contributed by atoms with Crippen molar-refractivity contribution in [3.05, 3.63) is 71.3 Å². The van der Waals surface area contributed by atoms with E-state index in [4.69, 9.17) is 18.9 Å². The van der Waals surface area contributed by atoms with Crippen LogP contribution in [0.15, 0.2) is 54.6 Å². The molecule has 0 amide bonds. The number of hydrogen-bond acceptors (Lipinski definition) is 6. The van der Waals surface area contributed by atoms with Crippen LogP contribution in [0.3, 0.4) is 0 Å². The minimum atomic E-state index is -1.60. The minimum Gasteiger partial charge on any atom is -0.459 e. The summed E-state index contributed by atoms with van der Waals surface area (Å²) in [4.78, 5) is 26.1. The molecule has 4 rings (SSSR count). The Morgan fingerprint density at radius 1 is 1.11 bits per heavy atom. The number of ketones is 1. The molecule has 2 aliphatic heterocycles. The number of Topliss-reactive ketones (excluding diaryl/α,β-unsaturated/α-hetero) is 1. The molecule has 0 radical (unpaired) electrons. The number of carbonyl (C=O) groups is 2. The van der Waals surface area contributed by atoms with Gasteiger partial charge in [-0.25, -0.2) is 4.79 Å². The number of benzene rings is 2. The molecule has 1 fully saturated rings. The summed E-state index contributed by atoms with van der Waals surface area (Å²) in [7, 11) is 1.42. The van der Waals surface area contributed by atoms with E-state index in [0.29, 0.717) is 11.1 Å². The maximum atomic E-state index is 13.0. The molecular weight excluding hydrogens is 348 g/mol. The van der Waals surface area contributed by atoms with Gasteiger partial charge in [0.15, 0.2) is 11.9 Å². The summed E-state index contributed by atoms with van der Waals surface area (Å²) >= 11 is 0. The molecule has 0 aromatic heterocycles. The van der Waals surface area contributed by atoms with Gasteiger partial charge in [-0.1, -0.05) is 61.5 Å². The topological polar surface area (TPSA) is 71.1 Å². The van der Waals surface area contributed by atoms with Gasteiger partial charge in [-0.05, 0) is 12.0 Å². The summed E-state index contributed by atoms with van der Waals surface area (Å²) < 4.78 is 22.9. The first-order valence-corrected chi connectivity index (χ1v) is 8.84. The van der Waals surface area contributed by atoms with Crippen LogP contribution < -0.4 is 0 Å². The summed E-state index contributed by atoms with van der Waals surface area (Å²) in [5, 5.41) is 0. The number of methoxy groups -OCH3 is 1. The lowest BCUT2D eigenvalue weighted by Crippen LogP contribution is -2.51. The Hall–Kier alpha value is -2.54. The summed E-state index contributed by atoms with van der Waals surface area (Å²) in [6.45, 7) is 1.84. The molecule has 2 aliphatic rings. The molecule has 0 N–H and O–H groups in total. The van der Waals surface area contributed by atoms with Crippen molar-refractivity contribution in [1.82, 2.24) is 0 Å². The second-order valence-corrected chi connectivity index (χ2v) is 6.57. The fourth-order valence-corrected chi connectivity index (χ4v) is 3.65. The van der Waals surface area contributed by atoms with Gasteiger partial charge in [0.2, 0.25) is 5.60 Å². The molecule has 0 aliphatic carbocycles. The SMILES string of the molecule is CC[C@]1(C(=O)OCc2ccccc2)O[C@@]2(OC)O[C@@H]1C(=O)c1ccccc12. The maximum Gasteiger partial charge on any atom is 0.342 e. The van der Waals surface area contributed by atoms with Crippen molar-refractivity contribution in [3.63, 3.8) is 0 Å². The van der Waals surface area contributed by atoms with Crippen LogP contribution in [0.2, 0.25) is 0 Å². The number of fused-ring (bicyclic) bond motifs is 4. The Bertz CT molecular complexity index is 879. The van der Waals surface area contributed by atoms with E-state index in [1.165, 1.54) is 7.11 Å². The standard InChI is InChI=1S/C21H20O6/c1-3-20(19(23)25-13-14-9-5-4-6-10-14)18-17(22)15-11-7-8-12-16(15)21(24-2,26-18)27-20/h4-12,18H,3,13H2,1-2H3/t18-,20+,21+/m1/s1. The van der Waals surface area contributed by atoms with Gasteiger partial charge in [-0.15, -0.1) is 0 Å². The molecule has 2 heterocycles. The van der Waals surface area contributed by atoms with Crippen molar-refractivity contribution < 1.29 is 28.5 Å². The van der Waals surface area contributed by atoms with E-state index in [2.05, 4.69) is 0 Å². The van der Waals surface area contributed by atoms with E-state index < -0.39 is 23.6 Å². The highest BCUT2D eigenvalue weighted by atomic mass is 16.9. The molecule has 0 saturated carbocycles. The molecule has 6 nitrogen and oxygen atoms in total. The van der Waals surface area contributed by atoms with Gasteiger partial charge >= 0.3 is 11.9 Å². The molecule has 2 aromatic rings. The third kappa shape index (κ3) is 2.60. The van der Waals surface area contributed by atoms with Crippen LogP contribution in [0.25, 0.3) is 0 Å². The lowest BCUT2D eigenvalue weighted by molar-refractivity contribution is -0.350. The van der Waals surface area contributed by atoms with Crippen LogP contribution >= 0.6 is 0 Å². The summed E-state index contributed by atoms with van der Waals surface area (Å²) in [6, 6.07) is 16.2. The van der Waals surface area contributed by atoms with Crippen LogP contribution in [0.4, 0.5) is 0 Å². The van der Waals surface area contributed by atoms with E-state index in [0.717, 1.165) is 5.56 Å². The van der Waals surface area contributed by atoms with Crippen molar-refractivity contribution in [2.45, 2.75) is 37.6 Å². The highest BCUT2D eigenvalue weighted by Gasteiger charge is 2.68. The van der Waals surface area contributed by atoms with Crippen molar-refractivity contribution in [2.24, 2.45) is 0 Å². The van der Waals surface area contributed by atoms with E-state index in [1.54, 1.807) is 31.2 Å². The lowest BCUT2D eigenvalue weighted by atomic mass is 9.87. The first-order valence-electron chi connectivity index (χ1n) is 8.84. The number of rotatable bonds is 5. The van der Waals surface area contributed by atoms with Gasteiger partial charge in [-0.2, -0.15) is 0 Å².